The number of esters is 1. The van der Waals surface area contributed by atoms with Crippen LogP contribution < -0.4 is 9.47 Å². The van der Waals surface area contributed by atoms with Gasteiger partial charge in [-0.15, -0.1) is 0 Å². The zero-order valence-electron chi connectivity index (χ0n) is 14.3. The third-order valence-electron chi connectivity index (χ3n) is 4.52. The molecule has 0 aliphatic rings. The van der Waals surface area contributed by atoms with Crippen molar-refractivity contribution in [1.82, 2.24) is 0 Å². The van der Waals surface area contributed by atoms with Crippen molar-refractivity contribution in [3.8, 4) is 11.5 Å². The highest BCUT2D eigenvalue weighted by Gasteiger charge is 2.30. The minimum atomic E-state index is -0.301. The first kappa shape index (κ1) is 17.1. The van der Waals surface area contributed by atoms with Crippen molar-refractivity contribution in [2.24, 2.45) is 0 Å². The molecule has 0 aromatic heterocycles. The van der Waals surface area contributed by atoms with Gasteiger partial charge in [-0.1, -0.05) is 38.1 Å². The normalized spacial score (nSPS) is 11.1. The molecule has 0 N–H and O–H groups in total. The van der Waals surface area contributed by atoms with Gasteiger partial charge in [-0.2, -0.15) is 0 Å². The minimum Gasteiger partial charge on any atom is -0.497 e. The van der Waals surface area contributed by atoms with Gasteiger partial charge in [-0.3, -0.25) is 4.79 Å². The highest BCUT2D eigenvalue weighted by Crippen LogP contribution is 2.39. The number of carbonyl (C=O) groups excluding carboxylic acids is 1. The van der Waals surface area contributed by atoms with E-state index >= 15 is 0 Å². The molecule has 0 saturated carbocycles. The van der Waals surface area contributed by atoms with Crippen molar-refractivity contribution in [2.45, 2.75) is 39.0 Å². The number of hydrogen-bond acceptors (Lipinski definition) is 3. The third-order valence-corrected chi connectivity index (χ3v) is 4.52. The molecular weight excluding hydrogens is 288 g/mol. The monoisotopic (exact) mass is 312 g/mol. The third kappa shape index (κ3) is 3.55. The first-order valence-electron chi connectivity index (χ1n) is 7.99. The molecule has 0 amide bonds. The summed E-state index contributed by atoms with van der Waals surface area (Å²) < 4.78 is 10.4. The van der Waals surface area contributed by atoms with Crippen LogP contribution in [0, 0.1) is 0 Å². The summed E-state index contributed by atoms with van der Waals surface area (Å²) in [5.74, 6) is 1.14. The SMILES string of the molecule is CCC(CC)(c1ccc(OC)cc1)c1ccc(OC(C)=O)cc1. The smallest absolute Gasteiger partial charge is 0.308 e. The number of carbonyl (C=O) groups is 1. The van der Waals surface area contributed by atoms with Crippen LogP contribution in [-0.2, 0) is 10.2 Å². The maximum Gasteiger partial charge on any atom is 0.308 e. The van der Waals surface area contributed by atoms with Gasteiger partial charge in [0.1, 0.15) is 11.5 Å². The van der Waals surface area contributed by atoms with Gasteiger partial charge in [0, 0.05) is 12.3 Å². The minimum absolute atomic E-state index is 0.0545. The Balaban J connectivity index is 2.40. The molecule has 3 nitrogen and oxygen atoms in total. The second-order valence-corrected chi connectivity index (χ2v) is 5.64. The number of hydrogen-bond donors (Lipinski definition) is 0. The molecule has 0 unspecified atom stereocenters. The van der Waals surface area contributed by atoms with E-state index in [0.29, 0.717) is 5.75 Å². The molecule has 0 fully saturated rings. The van der Waals surface area contributed by atoms with Crippen LogP contribution in [-0.4, -0.2) is 13.1 Å². The van der Waals surface area contributed by atoms with E-state index in [1.54, 1.807) is 7.11 Å². The average Bonchev–Trinajstić information content (AvgIpc) is 2.58. The van der Waals surface area contributed by atoms with Gasteiger partial charge < -0.3 is 9.47 Å². The van der Waals surface area contributed by atoms with Crippen LogP contribution in [0.25, 0.3) is 0 Å². The Hall–Kier alpha value is -2.29. The lowest BCUT2D eigenvalue weighted by Gasteiger charge is -2.33. The summed E-state index contributed by atoms with van der Waals surface area (Å²) in [6, 6.07) is 16.1. The molecule has 2 aromatic rings. The molecule has 122 valence electrons. The highest BCUT2D eigenvalue weighted by atomic mass is 16.5. The molecule has 0 saturated heterocycles. The molecule has 3 heteroatoms. The highest BCUT2D eigenvalue weighted by molar-refractivity contribution is 5.69. The van der Waals surface area contributed by atoms with Gasteiger partial charge in [-0.25, -0.2) is 0 Å². The first-order valence-corrected chi connectivity index (χ1v) is 7.99. The van der Waals surface area contributed by atoms with Crippen molar-refractivity contribution in [1.29, 1.82) is 0 Å². The molecule has 23 heavy (non-hydrogen) atoms. The zero-order valence-corrected chi connectivity index (χ0v) is 14.3. The summed E-state index contributed by atoms with van der Waals surface area (Å²) in [6.45, 7) is 5.81. The van der Waals surface area contributed by atoms with E-state index in [-0.39, 0.29) is 11.4 Å². The summed E-state index contributed by atoms with van der Waals surface area (Å²) in [7, 11) is 1.68. The maximum atomic E-state index is 11.1. The largest absolute Gasteiger partial charge is 0.497 e. The first-order chi connectivity index (χ1) is 11.1. The lowest BCUT2D eigenvalue weighted by Crippen LogP contribution is -2.26. The number of rotatable bonds is 6. The van der Waals surface area contributed by atoms with Crippen molar-refractivity contribution in [3.63, 3.8) is 0 Å². The second-order valence-electron chi connectivity index (χ2n) is 5.64. The van der Waals surface area contributed by atoms with E-state index in [0.717, 1.165) is 18.6 Å². The van der Waals surface area contributed by atoms with Crippen molar-refractivity contribution < 1.29 is 14.3 Å². The van der Waals surface area contributed by atoms with E-state index in [9.17, 15) is 4.79 Å². The molecule has 0 aliphatic heterocycles. The topological polar surface area (TPSA) is 35.5 Å². The lowest BCUT2D eigenvalue weighted by molar-refractivity contribution is -0.131. The summed E-state index contributed by atoms with van der Waals surface area (Å²) in [4.78, 5) is 11.1. The van der Waals surface area contributed by atoms with Gasteiger partial charge >= 0.3 is 5.97 Å². The molecule has 0 radical (unpaired) electrons. The number of benzene rings is 2. The summed E-state index contributed by atoms with van der Waals surface area (Å²) in [6.07, 6.45) is 1.98. The van der Waals surface area contributed by atoms with Gasteiger partial charge in [0.15, 0.2) is 0 Å². The lowest BCUT2D eigenvalue weighted by atomic mass is 9.70. The van der Waals surface area contributed by atoms with Crippen molar-refractivity contribution in [2.75, 3.05) is 7.11 Å². The quantitative estimate of drug-likeness (QED) is 0.571. The number of methoxy groups -OCH3 is 1. The fraction of sp³-hybridized carbons (Fsp3) is 0.350. The molecule has 0 atom stereocenters. The van der Waals surface area contributed by atoms with E-state index in [4.69, 9.17) is 9.47 Å². The Bertz CT molecular complexity index is 638. The molecule has 0 spiro atoms. The fourth-order valence-electron chi connectivity index (χ4n) is 3.15. The molecular formula is C20H24O3. The van der Waals surface area contributed by atoms with Crippen LogP contribution in [0.4, 0.5) is 0 Å². The molecule has 0 aliphatic carbocycles. The molecule has 0 bridgehead atoms. The van der Waals surface area contributed by atoms with E-state index in [1.807, 2.05) is 24.3 Å². The Morgan fingerprint density at radius 1 is 0.870 bits per heavy atom. The molecule has 2 aromatic carbocycles. The fourth-order valence-corrected chi connectivity index (χ4v) is 3.15. The van der Waals surface area contributed by atoms with E-state index in [1.165, 1.54) is 18.1 Å². The van der Waals surface area contributed by atoms with Crippen molar-refractivity contribution >= 4 is 5.97 Å². The van der Waals surface area contributed by atoms with Crippen LogP contribution in [0.5, 0.6) is 11.5 Å². The maximum absolute atomic E-state index is 11.1. The Morgan fingerprint density at radius 2 is 1.30 bits per heavy atom. The number of ether oxygens (including phenoxy) is 2. The second kappa shape index (κ2) is 7.32. The average molecular weight is 312 g/mol. The predicted molar refractivity (Wildman–Crippen MR) is 92.1 cm³/mol. The van der Waals surface area contributed by atoms with Gasteiger partial charge in [0.05, 0.1) is 7.11 Å². The van der Waals surface area contributed by atoms with E-state index in [2.05, 4.69) is 38.1 Å². The van der Waals surface area contributed by atoms with Gasteiger partial charge in [0.25, 0.3) is 0 Å². The Labute approximate surface area is 138 Å². The summed E-state index contributed by atoms with van der Waals surface area (Å²) in [5, 5.41) is 0. The molecule has 2 rings (SSSR count). The summed E-state index contributed by atoms with van der Waals surface area (Å²) >= 11 is 0. The van der Waals surface area contributed by atoms with Gasteiger partial charge in [-0.05, 0) is 48.2 Å². The van der Waals surface area contributed by atoms with Crippen molar-refractivity contribution in [3.05, 3.63) is 59.7 Å². The van der Waals surface area contributed by atoms with Crippen LogP contribution in [0.15, 0.2) is 48.5 Å². The molecule has 0 heterocycles. The van der Waals surface area contributed by atoms with Crippen LogP contribution in [0.1, 0.15) is 44.7 Å². The standard InChI is InChI=1S/C20H24O3/c1-5-20(6-2,16-7-11-18(22-4)12-8-16)17-9-13-19(14-10-17)23-15(3)21/h7-14H,5-6H2,1-4H3. The van der Waals surface area contributed by atoms with Gasteiger partial charge in [0.2, 0.25) is 0 Å². The van der Waals surface area contributed by atoms with Crippen LogP contribution in [0.3, 0.4) is 0 Å². The summed E-state index contributed by atoms with van der Waals surface area (Å²) in [5.41, 5.74) is 2.44. The van der Waals surface area contributed by atoms with E-state index < -0.39 is 0 Å². The Kier molecular flexibility index (Phi) is 5.43. The van der Waals surface area contributed by atoms with Crippen LogP contribution >= 0.6 is 0 Å². The zero-order chi connectivity index (χ0) is 16.9. The Morgan fingerprint density at radius 3 is 1.65 bits per heavy atom. The van der Waals surface area contributed by atoms with Crippen LogP contribution in [0.2, 0.25) is 0 Å². The predicted octanol–water partition coefficient (Wildman–Crippen LogP) is 4.73.